The second kappa shape index (κ2) is 3.82. The molecule has 0 atom stereocenters. The maximum Gasteiger partial charge on any atom is 0.0728 e. The number of thioether (sulfide) groups is 1. The van der Waals surface area contributed by atoms with Crippen molar-refractivity contribution in [3.8, 4) is 11.1 Å². The van der Waals surface area contributed by atoms with Crippen molar-refractivity contribution in [1.29, 1.82) is 0 Å². The van der Waals surface area contributed by atoms with Gasteiger partial charge in [-0.3, -0.25) is 4.99 Å². The summed E-state index contributed by atoms with van der Waals surface area (Å²) in [7, 11) is 0. The first kappa shape index (κ1) is 10.1. The zero-order valence-corrected chi connectivity index (χ0v) is 10.4. The molecule has 0 bridgehead atoms. The van der Waals surface area contributed by atoms with Crippen LogP contribution >= 0.6 is 11.8 Å². The van der Waals surface area contributed by atoms with Gasteiger partial charge in [-0.2, -0.15) is 0 Å². The number of hydrogen-bond donors (Lipinski definition) is 0. The van der Waals surface area contributed by atoms with Crippen LogP contribution in [0.25, 0.3) is 17.3 Å². The Labute approximate surface area is 109 Å². The maximum atomic E-state index is 4.69. The molecule has 0 unspecified atom stereocenters. The quantitative estimate of drug-likeness (QED) is 0.602. The molecule has 86 valence electrons. The molecular formula is C15H10N2S. The number of fused-ring (bicyclic) bond motifs is 5. The van der Waals surface area contributed by atoms with Gasteiger partial charge in [0.2, 0.25) is 0 Å². The number of rotatable bonds is 0. The van der Waals surface area contributed by atoms with Gasteiger partial charge in [-0.15, -0.1) is 11.8 Å². The number of aliphatic imine (C=N–C) groups is 1. The Hall–Kier alpha value is -1.87. The van der Waals surface area contributed by atoms with Crippen LogP contribution in [0.3, 0.4) is 0 Å². The Morgan fingerprint density at radius 1 is 1.06 bits per heavy atom. The first-order valence-corrected chi connectivity index (χ1v) is 6.88. The molecule has 0 N–H and O–H groups in total. The van der Waals surface area contributed by atoms with Crippen molar-refractivity contribution in [3.63, 3.8) is 0 Å². The molecule has 0 aromatic heterocycles. The smallest absolute Gasteiger partial charge is 0.0728 e. The van der Waals surface area contributed by atoms with E-state index in [1.165, 1.54) is 21.2 Å². The predicted molar refractivity (Wildman–Crippen MR) is 76.0 cm³/mol. The van der Waals surface area contributed by atoms with Crippen LogP contribution in [0.5, 0.6) is 0 Å². The zero-order chi connectivity index (χ0) is 11.9. The SMILES string of the molecule is C1=NC=c2ccc3c(c2SC1)-c1ccccc1N=3. The van der Waals surface area contributed by atoms with E-state index >= 15 is 0 Å². The fourth-order valence-corrected chi connectivity index (χ4v) is 3.38. The molecule has 0 radical (unpaired) electrons. The van der Waals surface area contributed by atoms with Gasteiger partial charge in [-0.05, 0) is 12.1 Å². The van der Waals surface area contributed by atoms with Crippen LogP contribution in [0.4, 0.5) is 5.69 Å². The van der Waals surface area contributed by atoms with Crippen LogP contribution in [-0.2, 0) is 0 Å². The summed E-state index contributed by atoms with van der Waals surface area (Å²) in [5, 5.41) is 2.28. The molecule has 2 aliphatic heterocycles. The number of para-hydroxylation sites is 1. The van der Waals surface area contributed by atoms with Crippen molar-refractivity contribution >= 4 is 29.9 Å². The van der Waals surface area contributed by atoms with E-state index in [1.807, 2.05) is 30.2 Å². The third-order valence-corrected chi connectivity index (χ3v) is 4.25. The molecule has 18 heavy (non-hydrogen) atoms. The van der Waals surface area contributed by atoms with Gasteiger partial charge in [0.05, 0.1) is 11.0 Å². The van der Waals surface area contributed by atoms with E-state index in [0.717, 1.165) is 16.8 Å². The molecule has 0 saturated heterocycles. The number of benzene rings is 2. The van der Waals surface area contributed by atoms with Crippen molar-refractivity contribution in [2.75, 3.05) is 5.75 Å². The highest BCUT2D eigenvalue weighted by molar-refractivity contribution is 8.00. The van der Waals surface area contributed by atoms with Crippen molar-refractivity contribution < 1.29 is 0 Å². The van der Waals surface area contributed by atoms with Crippen LogP contribution in [0.2, 0.25) is 0 Å². The van der Waals surface area contributed by atoms with Crippen LogP contribution in [0, 0.1) is 0 Å². The molecule has 3 heteroatoms. The standard InChI is InChI=1S/C15H10N2S/c1-2-4-12-11(3-1)14-13(17-12)6-5-10-9-16-7-8-18-15(10)14/h1-7,9H,8H2. The van der Waals surface area contributed by atoms with Gasteiger partial charge >= 0.3 is 0 Å². The lowest BCUT2D eigenvalue weighted by molar-refractivity contribution is 1.31. The lowest BCUT2D eigenvalue weighted by Gasteiger charge is -2.06. The normalized spacial score (nSPS) is 14.9. The summed E-state index contributed by atoms with van der Waals surface area (Å²) in [5.41, 5.74) is 3.59. The first-order chi connectivity index (χ1) is 8.93. The minimum Gasteiger partial charge on any atom is -0.268 e. The van der Waals surface area contributed by atoms with Crippen molar-refractivity contribution in [2.45, 2.75) is 4.90 Å². The van der Waals surface area contributed by atoms with Crippen molar-refractivity contribution in [3.05, 3.63) is 47.0 Å². The summed E-state index contributed by atoms with van der Waals surface area (Å²) in [5.74, 6) is 0.919. The highest BCUT2D eigenvalue weighted by Crippen LogP contribution is 2.36. The Morgan fingerprint density at radius 2 is 2.00 bits per heavy atom. The van der Waals surface area contributed by atoms with E-state index in [9.17, 15) is 0 Å². The van der Waals surface area contributed by atoms with Gasteiger partial charge in [0.15, 0.2) is 0 Å². The van der Waals surface area contributed by atoms with E-state index in [2.05, 4.69) is 40.3 Å². The molecule has 2 heterocycles. The molecule has 0 aliphatic carbocycles. The molecule has 2 nitrogen and oxygen atoms in total. The third kappa shape index (κ3) is 1.37. The molecular weight excluding hydrogens is 240 g/mol. The molecule has 0 amide bonds. The second-order valence-corrected chi connectivity index (χ2v) is 5.31. The van der Waals surface area contributed by atoms with Crippen LogP contribution in [-0.4, -0.2) is 12.0 Å². The minimum atomic E-state index is 0.919. The predicted octanol–water partition coefficient (Wildman–Crippen LogP) is 2.53. The average Bonchev–Trinajstić information content (AvgIpc) is 2.61. The van der Waals surface area contributed by atoms with Gasteiger partial charge in [0.1, 0.15) is 0 Å². The average molecular weight is 250 g/mol. The number of nitrogens with zero attached hydrogens (tertiary/aromatic N) is 2. The largest absolute Gasteiger partial charge is 0.268 e. The Bertz CT molecular complexity index is 791. The fourth-order valence-electron chi connectivity index (χ4n) is 2.41. The van der Waals surface area contributed by atoms with Crippen LogP contribution < -0.4 is 10.6 Å². The lowest BCUT2D eigenvalue weighted by Crippen LogP contribution is -2.13. The summed E-state index contributed by atoms with van der Waals surface area (Å²) >= 11 is 1.84. The molecule has 0 spiro atoms. The second-order valence-electron chi connectivity index (χ2n) is 4.28. The fraction of sp³-hybridized carbons (Fsp3) is 0.0667. The van der Waals surface area contributed by atoms with E-state index in [-0.39, 0.29) is 0 Å². The van der Waals surface area contributed by atoms with Gasteiger partial charge in [0.25, 0.3) is 0 Å². The third-order valence-electron chi connectivity index (χ3n) is 3.20. The summed E-state index contributed by atoms with van der Waals surface area (Å²) in [6.07, 6.45) is 3.89. The molecule has 2 aliphatic rings. The van der Waals surface area contributed by atoms with Crippen molar-refractivity contribution in [2.24, 2.45) is 9.98 Å². The van der Waals surface area contributed by atoms with Gasteiger partial charge in [0, 0.05) is 39.4 Å². The molecule has 2 aromatic rings. The first-order valence-electron chi connectivity index (χ1n) is 5.89. The molecule has 4 rings (SSSR count). The van der Waals surface area contributed by atoms with E-state index in [1.54, 1.807) is 0 Å². The van der Waals surface area contributed by atoms with E-state index < -0.39 is 0 Å². The molecule has 0 saturated carbocycles. The van der Waals surface area contributed by atoms with Gasteiger partial charge < -0.3 is 0 Å². The maximum absolute atomic E-state index is 4.69. The highest BCUT2D eigenvalue weighted by Gasteiger charge is 2.18. The molecule has 2 aromatic carbocycles. The lowest BCUT2D eigenvalue weighted by atomic mass is 10.0. The van der Waals surface area contributed by atoms with Gasteiger partial charge in [-0.1, -0.05) is 24.3 Å². The Balaban J connectivity index is 2.12. The number of hydrogen-bond acceptors (Lipinski definition) is 3. The molecule has 0 fully saturated rings. The Morgan fingerprint density at radius 3 is 3.00 bits per heavy atom. The highest BCUT2D eigenvalue weighted by atomic mass is 32.2. The summed E-state index contributed by atoms with van der Waals surface area (Å²) in [6.45, 7) is 0. The van der Waals surface area contributed by atoms with E-state index in [0.29, 0.717) is 0 Å². The Kier molecular flexibility index (Phi) is 2.14. The van der Waals surface area contributed by atoms with Crippen molar-refractivity contribution in [1.82, 2.24) is 0 Å². The van der Waals surface area contributed by atoms with Crippen LogP contribution in [0.15, 0.2) is 51.3 Å². The minimum absolute atomic E-state index is 0.919. The zero-order valence-electron chi connectivity index (χ0n) is 9.63. The van der Waals surface area contributed by atoms with Gasteiger partial charge in [-0.25, -0.2) is 4.99 Å². The topological polar surface area (TPSA) is 24.7 Å². The van der Waals surface area contributed by atoms with E-state index in [4.69, 9.17) is 0 Å². The monoisotopic (exact) mass is 250 g/mol. The summed E-state index contributed by atoms with van der Waals surface area (Å²) in [6, 6.07) is 12.5. The summed E-state index contributed by atoms with van der Waals surface area (Å²) < 4.78 is 0. The summed E-state index contributed by atoms with van der Waals surface area (Å²) in [4.78, 5) is 10.3. The van der Waals surface area contributed by atoms with Crippen LogP contribution in [0.1, 0.15) is 0 Å².